The van der Waals surface area contributed by atoms with Crippen molar-refractivity contribution in [3.63, 3.8) is 0 Å². The first kappa shape index (κ1) is 16.6. The van der Waals surface area contributed by atoms with Crippen LogP contribution in [-0.4, -0.2) is 21.1 Å². The van der Waals surface area contributed by atoms with E-state index in [1.54, 1.807) is 12.5 Å². The SMILES string of the molecule is CC=COC=CC.c1cc[c]([Sn][c]2ccccc2)cc1. The molecule has 0 saturated heterocycles. The minimum absolute atomic E-state index is 0.517. The van der Waals surface area contributed by atoms with Crippen LogP contribution in [0.1, 0.15) is 13.8 Å². The monoisotopic (exact) mass is 372 g/mol. The van der Waals surface area contributed by atoms with Gasteiger partial charge in [0.15, 0.2) is 0 Å². The van der Waals surface area contributed by atoms with Crippen LogP contribution in [0.5, 0.6) is 0 Å². The van der Waals surface area contributed by atoms with Crippen LogP contribution >= 0.6 is 0 Å². The topological polar surface area (TPSA) is 9.23 Å². The first-order chi connectivity index (χ1) is 9.86. The summed E-state index contributed by atoms with van der Waals surface area (Å²) >= 11 is -0.517. The van der Waals surface area contributed by atoms with Gasteiger partial charge >= 0.3 is 89.0 Å². The Balaban J connectivity index is 0.000000246. The number of hydrogen-bond donors (Lipinski definition) is 0. The average molecular weight is 371 g/mol. The van der Waals surface area contributed by atoms with Gasteiger partial charge in [-0.1, -0.05) is 12.2 Å². The molecule has 0 atom stereocenters. The van der Waals surface area contributed by atoms with Crippen molar-refractivity contribution < 1.29 is 4.74 Å². The minimum atomic E-state index is -0.517. The molecule has 0 aromatic heterocycles. The van der Waals surface area contributed by atoms with E-state index in [0.717, 1.165) is 0 Å². The van der Waals surface area contributed by atoms with Crippen LogP contribution in [0.3, 0.4) is 0 Å². The maximum absolute atomic E-state index is 4.77. The van der Waals surface area contributed by atoms with E-state index < -0.39 is 21.1 Å². The molecule has 0 aliphatic carbocycles. The molecule has 0 amide bonds. The molecule has 0 unspecified atom stereocenters. The zero-order chi connectivity index (χ0) is 14.5. The van der Waals surface area contributed by atoms with Crippen LogP contribution in [0.25, 0.3) is 0 Å². The number of allylic oxidation sites excluding steroid dienone is 2. The summed E-state index contributed by atoms with van der Waals surface area (Å²) < 4.78 is 7.85. The molecular formula is C18H20OSn. The van der Waals surface area contributed by atoms with Crippen LogP contribution in [0.4, 0.5) is 0 Å². The van der Waals surface area contributed by atoms with Gasteiger partial charge in [0.2, 0.25) is 0 Å². The number of rotatable bonds is 4. The quantitative estimate of drug-likeness (QED) is 0.592. The fourth-order valence-electron chi connectivity index (χ4n) is 1.41. The van der Waals surface area contributed by atoms with Crippen LogP contribution in [0, 0.1) is 0 Å². The molecule has 2 aromatic rings. The third-order valence-corrected chi connectivity index (χ3v) is 5.82. The number of hydrogen-bond acceptors (Lipinski definition) is 1. The molecule has 0 N–H and O–H groups in total. The van der Waals surface area contributed by atoms with Crippen molar-refractivity contribution in [1.29, 1.82) is 0 Å². The molecule has 0 saturated carbocycles. The Hall–Kier alpha value is -1.48. The van der Waals surface area contributed by atoms with Crippen molar-refractivity contribution in [2.45, 2.75) is 13.8 Å². The van der Waals surface area contributed by atoms with E-state index in [2.05, 4.69) is 60.7 Å². The van der Waals surface area contributed by atoms with Crippen LogP contribution in [0.15, 0.2) is 85.3 Å². The molecule has 2 rings (SSSR count). The van der Waals surface area contributed by atoms with Crippen LogP contribution in [0.2, 0.25) is 0 Å². The molecule has 20 heavy (non-hydrogen) atoms. The Labute approximate surface area is 132 Å². The molecule has 0 bridgehead atoms. The predicted molar refractivity (Wildman–Crippen MR) is 88.6 cm³/mol. The van der Waals surface area contributed by atoms with Gasteiger partial charge in [0.1, 0.15) is 0 Å². The van der Waals surface area contributed by atoms with Gasteiger partial charge in [-0.15, -0.1) is 0 Å². The second-order valence-electron chi connectivity index (χ2n) is 3.93. The van der Waals surface area contributed by atoms with Crippen molar-refractivity contribution in [3.05, 3.63) is 85.3 Å². The second-order valence-corrected chi connectivity index (χ2v) is 7.94. The fourth-order valence-corrected chi connectivity index (χ4v) is 4.41. The predicted octanol–water partition coefficient (Wildman–Crippen LogP) is 3.41. The molecule has 0 fully saturated rings. The van der Waals surface area contributed by atoms with Gasteiger partial charge in [-0.25, -0.2) is 0 Å². The van der Waals surface area contributed by atoms with Gasteiger partial charge in [-0.05, 0) is 13.8 Å². The van der Waals surface area contributed by atoms with Gasteiger partial charge in [-0.2, -0.15) is 0 Å². The average Bonchev–Trinajstić information content (AvgIpc) is 2.51. The standard InChI is InChI=1S/C6H10O.2C6H5.Sn/c1-3-5-7-6-4-2;2*1-2-4-6-5-3-1;/h3-6H,1-2H3;2*1-5H;. The summed E-state index contributed by atoms with van der Waals surface area (Å²) in [4.78, 5) is 0. The van der Waals surface area contributed by atoms with Crippen LogP contribution < -0.4 is 7.16 Å². The molecule has 0 spiro atoms. The van der Waals surface area contributed by atoms with Crippen molar-refractivity contribution in [2.75, 3.05) is 0 Å². The Morgan fingerprint density at radius 2 is 1.10 bits per heavy atom. The summed E-state index contributed by atoms with van der Waals surface area (Å²) in [6.45, 7) is 3.81. The van der Waals surface area contributed by atoms with E-state index in [-0.39, 0.29) is 0 Å². The summed E-state index contributed by atoms with van der Waals surface area (Å²) in [7, 11) is 0. The van der Waals surface area contributed by atoms with E-state index in [0.29, 0.717) is 0 Å². The molecule has 0 aliphatic heterocycles. The van der Waals surface area contributed by atoms with E-state index in [4.69, 9.17) is 4.74 Å². The Kier molecular flexibility index (Phi) is 9.41. The summed E-state index contributed by atoms with van der Waals surface area (Å²) in [5.41, 5.74) is 0. The first-order valence-electron chi connectivity index (χ1n) is 6.61. The summed E-state index contributed by atoms with van der Waals surface area (Å²) in [6.07, 6.45) is 6.92. The van der Waals surface area contributed by atoms with Gasteiger partial charge in [-0.3, -0.25) is 0 Å². The molecule has 1 nitrogen and oxygen atoms in total. The summed E-state index contributed by atoms with van der Waals surface area (Å²) in [5, 5.41) is 0. The van der Waals surface area contributed by atoms with Gasteiger partial charge < -0.3 is 4.74 Å². The summed E-state index contributed by atoms with van der Waals surface area (Å²) in [6, 6.07) is 21.6. The molecule has 2 aromatic carbocycles. The van der Waals surface area contributed by atoms with Crippen molar-refractivity contribution in [1.82, 2.24) is 0 Å². The zero-order valence-electron chi connectivity index (χ0n) is 12.0. The molecule has 2 heteroatoms. The van der Waals surface area contributed by atoms with Gasteiger partial charge in [0.05, 0.1) is 12.5 Å². The van der Waals surface area contributed by atoms with Crippen molar-refractivity contribution >= 4 is 28.3 Å². The third-order valence-electron chi connectivity index (χ3n) is 2.27. The second kappa shape index (κ2) is 11.4. The molecule has 2 radical (unpaired) electrons. The molecular weight excluding hydrogens is 351 g/mol. The van der Waals surface area contributed by atoms with E-state index >= 15 is 0 Å². The molecule has 0 heterocycles. The molecule has 0 aliphatic rings. The van der Waals surface area contributed by atoms with E-state index in [1.165, 1.54) is 7.16 Å². The van der Waals surface area contributed by atoms with Crippen LogP contribution in [-0.2, 0) is 4.74 Å². The zero-order valence-corrected chi connectivity index (χ0v) is 14.8. The van der Waals surface area contributed by atoms with Gasteiger partial charge in [0.25, 0.3) is 0 Å². The molecule has 102 valence electrons. The first-order valence-corrected chi connectivity index (χ1v) is 9.47. The normalized spacial score (nSPS) is 10.3. The Morgan fingerprint density at radius 1 is 0.700 bits per heavy atom. The van der Waals surface area contributed by atoms with Crippen molar-refractivity contribution in [3.8, 4) is 0 Å². The Bertz CT molecular complexity index is 456. The fraction of sp³-hybridized carbons (Fsp3) is 0.111. The van der Waals surface area contributed by atoms with E-state index in [9.17, 15) is 0 Å². The maximum atomic E-state index is 4.77. The number of benzene rings is 2. The summed E-state index contributed by atoms with van der Waals surface area (Å²) in [5.74, 6) is 0. The third kappa shape index (κ3) is 7.85. The Morgan fingerprint density at radius 3 is 1.45 bits per heavy atom. The van der Waals surface area contributed by atoms with Crippen molar-refractivity contribution in [2.24, 2.45) is 0 Å². The van der Waals surface area contributed by atoms with Gasteiger partial charge in [0, 0.05) is 0 Å². The van der Waals surface area contributed by atoms with E-state index in [1.807, 2.05) is 26.0 Å². The number of ether oxygens (including phenoxy) is 1.